The lowest BCUT2D eigenvalue weighted by atomic mass is 10.0. The molecule has 0 bridgehead atoms. The molecular weight excluding hydrogens is 460 g/mol. The Balaban J connectivity index is 3.57. The Morgan fingerprint density at radius 2 is 0.838 bits per heavy atom. The first-order valence-electron chi connectivity index (χ1n) is 16.5. The van der Waals surface area contributed by atoms with E-state index in [0.29, 0.717) is 12.8 Å². The minimum Gasteiger partial charge on any atom is -0.481 e. The van der Waals surface area contributed by atoms with E-state index in [4.69, 9.17) is 9.84 Å². The van der Waals surface area contributed by atoms with Gasteiger partial charge < -0.3 is 9.84 Å². The number of carbonyl (C=O) groups excluding carboxylic acids is 1. The molecule has 4 nitrogen and oxygen atoms in total. The summed E-state index contributed by atoms with van der Waals surface area (Å²) in [6.07, 6.45) is 32.7. The van der Waals surface area contributed by atoms with Gasteiger partial charge in [0, 0.05) is 6.42 Å². The smallest absolute Gasteiger partial charge is 0.307 e. The van der Waals surface area contributed by atoms with Crippen molar-refractivity contribution in [2.24, 2.45) is 0 Å². The van der Waals surface area contributed by atoms with Gasteiger partial charge in [0.2, 0.25) is 0 Å². The van der Waals surface area contributed by atoms with Crippen LogP contribution in [0.3, 0.4) is 0 Å². The Labute approximate surface area is 231 Å². The van der Waals surface area contributed by atoms with Gasteiger partial charge in [-0.15, -0.1) is 0 Å². The predicted molar refractivity (Wildman–Crippen MR) is 158 cm³/mol. The van der Waals surface area contributed by atoms with Crippen LogP contribution in [0.15, 0.2) is 0 Å². The molecule has 0 aliphatic carbocycles. The van der Waals surface area contributed by atoms with Gasteiger partial charge in [-0.25, -0.2) is 0 Å². The molecule has 0 saturated heterocycles. The van der Waals surface area contributed by atoms with Crippen molar-refractivity contribution in [3.63, 3.8) is 0 Å². The van der Waals surface area contributed by atoms with Gasteiger partial charge in [-0.3, -0.25) is 9.59 Å². The third-order valence-electron chi connectivity index (χ3n) is 7.56. The SMILES string of the molecule is CCCCCCCCCCCCCCCCCCCC(=O)OC(CCCCCCCCCC)CC(=O)O. The third-order valence-corrected chi connectivity index (χ3v) is 7.56. The van der Waals surface area contributed by atoms with Gasteiger partial charge in [-0.1, -0.05) is 162 Å². The monoisotopic (exact) mass is 524 g/mol. The van der Waals surface area contributed by atoms with Gasteiger partial charge in [0.25, 0.3) is 0 Å². The first-order chi connectivity index (χ1) is 18.1. The molecule has 0 spiro atoms. The van der Waals surface area contributed by atoms with Crippen molar-refractivity contribution in [3.05, 3.63) is 0 Å². The molecule has 4 heteroatoms. The highest BCUT2D eigenvalue weighted by molar-refractivity contribution is 5.71. The number of carboxylic acid groups (broad SMARTS) is 1. The molecular formula is C33H64O4. The Morgan fingerprint density at radius 3 is 1.19 bits per heavy atom. The summed E-state index contributed by atoms with van der Waals surface area (Å²) in [5, 5.41) is 9.16. The van der Waals surface area contributed by atoms with Crippen molar-refractivity contribution < 1.29 is 19.4 Å². The lowest BCUT2D eigenvalue weighted by Crippen LogP contribution is -2.21. The molecule has 0 amide bonds. The van der Waals surface area contributed by atoms with Crippen molar-refractivity contribution in [3.8, 4) is 0 Å². The largest absolute Gasteiger partial charge is 0.481 e. The van der Waals surface area contributed by atoms with Gasteiger partial charge in [-0.2, -0.15) is 0 Å². The van der Waals surface area contributed by atoms with E-state index < -0.39 is 12.1 Å². The van der Waals surface area contributed by atoms with Gasteiger partial charge in [-0.05, 0) is 19.3 Å². The van der Waals surface area contributed by atoms with E-state index in [2.05, 4.69) is 13.8 Å². The maximum absolute atomic E-state index is 12.2. The van der Waals surface area contributed by atoms with E-state index in [9.17, 15) is 9.59 Å². The molecule has 1 N–H and O–H groups in total. The quantitative estimate of drug-likeness (QED) is 0.0749. The summed E-state index contributed by atoms with van der Waals surface area (Å²) in [7, 11) is 0. The molecule has 0 saturated carbocycles. The predicted octanol–water partition coefficient (Wildman–Crippen LogP) is 10.9. The molecule has 0 aliphatic rings. The number of carboxylic acids is 1. The Bertz CT molecular complexity index is 491. The fraction of sp³-hybridized carbons (Fsp3) is 0.939. The second-order valence-corrected chi connectivity index (χ2v) is 11.4. The summed E-state index contributed by atoms with van der Waals surface area (Å²) in [5.74, 6) is -1.10. The number of carbonyl (C=O) groups is 2. The van der Waals surface area contributed by atoms with E-state index in [1.54, 1.807) is 0 Å². The van der Waals surface area contributed by atoms with Crippen LogP contribution in [0.2, 0.25) is 0 Å². The zero-order valence-corrected chi connectivity index (χ0v) is 25.0. The maximum Gasteiger partial charge on any atom is 0.307 e. The lowest BCUT2D eigenvalue weighted by molar-refractivity contribution is -0.153. The van der Waals surface area contributed by atoms with Crippen LogP contribution in [0.25, 0.3) is 0 Å². The zero-order valence-electron chi connectivity index (χ0n) is 25.0. The second-order valence-electron chi connectivity index (χ2n) is 11.4. The summed E-state index contributed by atoms with van der Waals surface area (Å²) in [4.78, 5) is 23.4. The zero-order chi connectivity index (χ0) is 27.2. The maximum atomic E-state index is 12.2. The van der Waals surface area contributed by atoms with Crippen molar-refractivity contribution >= 4 is 11.9 Å². The van der Waals surface area contributed by atoms with Crippen LogP contribution in [-0.2, 0) is 14.3 Å². The van der Waals surface area contributed by atoms with Crippen LogP contribution in [0.1, 0.15) is 194 Å². The fourth-order valence-electron chi connectivity index (χ4n) is 5.14. The van der Waals surface area contributed by atoms with E-state index in [-0.39, 0.29) is 12.4 Å². The number of ether oxygens (including phenoxy) is 1. The number of esters is 1. The summed E-state index contributed by atoms with van der Waals surface area (Å²) in [6.45, 7) is 4.50. The number of aliphatic carboxylic acids is 1. The minimum atomic E-state index is -0.879. The van der Waals surface area contributed by atoms with Gasteiger partial charge in [0.1, 0.15) is 6.10 Å². The minimum absolute atomic E-state index is 0.0682. The van der Waals surface area contributed by atoms with Crippen molar-refractivity contribution in [2.45, 2.75) is 200 Å². The van der Waals surface area contributed by atoms with Crippen LogP contribution in [0, 0.1) is 0 Å². The first kappa shape index (κ1) is 35.9. The third kappa shape index (κ3) is 29.4. The lowest BCUT2D eigenvalue weighted by Gasteiger charge is -2.16. The molecule has 37 heavy (non-hydrogen) atoms. The average molecular weight is 525 g/mol. The molecule has 0 aliphatic heterocycles. The number of hydrogen-bond acceptors (Lipinski definition) is 3. The molecule has 1 unspecified atom stereocenters. The Hall–Kier alpha value is -1.06. The van der Waals surface area contributed by atoms with Gasteiger partial charge in [0.15, 0.2) is 0 Å². The molecule has 0 radical (unpaired) electrons. The highest BCUT2D eigenvalue weighted by Gasteiger charge is 2.17. The molecule has 0 fully saturated rings. The van der Waals surface area contributed by atoms with Crippen molar-refractivity contribution in [1.82, 2.24) is 0 Å². The van der Waals surface area contributed by atoms with Crippen molar-refractivity contribution in [1.29, 1.82) is 0 Å². The summed E-state index contributed by atoms with van der Waals surface area (Å²) in [6, 6.07) is 0. The molecule has 1 atom stereocenters. The summed E-state index contributed by atoms with van der Waals surface area (Å²) >= 11 is 0. The molecule has 0 heterocycles. The molecule has 0 aromatic rings. The van der Waals surface area contributed by atoms with Crippen molar-refractivity contribution in [2.75, 3.05) is 0 Å². The van der Waals surface area contributed by atoms with Crippen LogP contribution in [0.5, 0.6) is 0 Å². The molecule has 220 valence electrons. The van der Waals surface area contributed by atoms with Crippen LogP contribution in [0.4, 0.5) is 0 Å². The Morgan fingerprint density at radius 1 is 0.514 bits per heavy atom. The number of unbranched alkanes of at least 4 members (excludes halogenated alkanes) is 23. The van der Waals surface area contributed by atoms with E-state index >= 15 is 0 Å². The standard InChI is InChI=1S/C33H64O4/c1-3-5-7-9-11-13-14-15-16-17-18-19-20-21-23-25-27-29-33(36)37-31(30-32(34)35)28-26-24-22-12-10-8-6-4-2/h31H,3-30H2,1-2H3,(H,34,35). The second kappa shape index (κ2) is 29.5. The highest BCUT2D eigenvalue weighted by atomic mass is 16.5. The fourth-order valence-corrected chi connectivity index (χ4v) is 5.14. The first-order valence-corrected chi connectivity index (χ1v) is 16.5. The summed E-state index contributed by atoms with van der Waals surface area (Å²) in [5.41, 5.74) is 0. The van der Waals surface area contributed by atoms with Crippen LogP contribution < -0.4 is 0 Å². The molecule has 0 aromatic heterocycles. The topological polar surface area (TPSA) is 63.6 Å². The highest BCUT2D eigenvalue weighted by Crippen LogP contribution is 2.17. The molecule has 0 rings (SSSR count). The van der Waals surface area contributed by atoms with E-state index in [1.807, 2.05) is 0 Å². The average Bonchev–Trinajstić information content (AvgIpc) is 2.87. The normalized spacial score (nSPS) is 12.1. The van der Waals surface area contributed by atoms with Crippen LogP contribution >= 0.6 is 0 Å². The number of rotatable bonds is 30. The van der Waals surface area contributed by atoms with Gasteiger partial charge in [0.05, 0.1) is 6.42 Å². The van der Waals surface area contributed by atoms with Crippen LogP contribution in [-0.4, -0.2) is 23.1 Å². The van der Waals surface area contributed by atoms with E-state index in [0.717, 1.165) is 25.7 Å². The molecule has 0 aromatic carbocycles. The van der Waals surface area contributed by atoms with E-state index in [1.165, 1.54) is 135 Å². The van der Waals surface area contributed by atoms with Gasteiger partial charge >= 0.3 is 11.9 Å². The number of hydrogen-bond donors (Lipinski definition) is 1. The Kier molecular flexibility index (Phi) is 28.7. The summed E-state index contributed by atoms with van der Waals surface area (Å²) < 4.78 is 5.53.